The van der Waals surface area contributed by atoms with E-state index in [9.17, 15) is 4.79 Å². The molecular weight excluding hydrogens is 160 g/mol. The number of imidazole rings is 1. The number of aldehydes is 1. The van der Waals surface area contributed by atoms with E-state index in [0.717, 1.165) is 16.1 Å². The van der Waals surface area contributed by atoms with Crippen LogP contribution in [0.25, 0.3) is 4.96 Å². The molecule has 56 valence electrons. The highest BCUT2D eigenvalue weighted by Crippen LogP contribution is 2.16. The van der Waals surface area contributed by atoms with Crippen molar-refractivity contribution < 1.29 is 4.79 Å². The Hall–Kier alpha value is -1.16. The number of carbonyl (C=O) groups excluding carboxylic acids is 1. The normalized spacial score (nSPS) is 10.6. The summed E-state index contributed by atoms with van der Waals surface area (Å²) >= 11 is 1.58. The van der Waals surface area contributed by atoms with Crippen molar-refractivity contribution in [2.24, 2.45) is 0 Å². The SMILES string of the molecule is Cc1cn2c(C=O)cnc2s1. The minimum absolute atomic E-state index is 0.615. The zero-order valence-corrected chi connectivity index (χ0v) is 6.76. The Morgan fingerprint density at radius 2 is 2.55 bits per heavy atom. The maximum Gasteiger partial charge on any atom is 0.194 e. The van der Waals surface area contributed by atoms with Crippen LogP contribution in [0.15, 0.2) is 12.4 Å². The van der Waals surface area contributed by atoms with E-state index in [4.69, 9.17) is 0 Å². The molecule has 0 unspecified atom stereocenters. The summed E-state index contributed by atoms with van der Waals surface area (Å²) in [6.07, 6.45) is 4.31. The number of fused-ring (bicyclic) bond motifs is 1. The lowest BCUT2D eigenvalue weighted by atomic mass is 10.5. The molecule has 2 rings (SSSR count). The van der Waals surface area contributed by atoms with Crippen molar-refractivity contribution in [2.45, 2.75) is 6.92 Å². The first-order valence-corrected chi connectivity index (χ1v) is 4.01. The molecule has 0 saturated carbocycles. The summed E-state index contributed by atoms with van der Waals surface area (Å²) < 4.78 is 1.80. The summed E-state index contributed by atoms with van der Waals surface area (Å²) in [5.41, 5.74) is 0.615. The second-order valence-corrected chi connectivity index (χ2v) is 3.51. The Labute approximate surface area is 67.3 Å². The van der Waals surface area contributed by atoms with Gasteiger partial charge in [-0.2, -0.15) is 0 Å². The lowest BCUT2D eigenvalue weighted by Crippen LogP contribution is -1.84. The molecule has 2 aromatic rings. The van der Waals surface area contributed by atoms with Crippen LogP contribution >= 0.6 is 11.3 Å². The first-order chi connectivity index (χ1) is 5.31. The molecule has 0 aromatic carbocycles. The highest BCUT2D eigenvalue weighted by atomic mass is 32.1. The molecule has 3 nitrogen and oxygen atoms in total. The van der Waals surface area contributed by atoms with Crippen LogP contribution < -0.4 is 0 Å². The molecule has 0 aliphatic rings. The molecule has 0 aliphatic heterocycles. The Kier molecular flexibility index (Phi) is 1.29. The maximum atomic E-state index is 10.4. The molecule has 0 saturated heterocycles. The summed E-state index contributed by atoms with van der Waals surface area (Å²) in [6, 6.07) is 0. The van der Waals surface area contributed by atoms with E-state index >= 15 is 0 Å². The molecule has 0 amide bonds. The summed E-state index contributed by atoms with van der Waals surface area (Å²) in [4.78, 5) is 16.5. The van der Waals surface area contributed by atoms with E-state index in [0.29, 0.717) is 5.69 Å². The Morgan fingerprint density at radius 3 is 3.27 bits per heavy atom. The first-order valence-electron chi connectivity index (χ1n) is 3.20. The van der Waals surface area contributed by atoms with Gasteiger partial charge in [-0.3, -0.25) is 9.20 Å². The van der Waals surface area contributed by atoms with Crippen LogP contribution in [-0.2, 0) is 0 Å². The molecule has 2 heterocycles. The zero-order chi connectivity index (χ0) is 7.84. The van der Waals surface area contributed by atoms with E-state index in [1.54, 1.807) is 21.9 Å². The molecule has 0 bridgehead atoms. The second-order valence-electron chi connectivity index (χ2n) is 2.30. The van der Waals surface area contributed by atoms with Crippen molar-refractivity contribution >= 4 is 22.6 Å². The second kappa shape index (κ2) is 2.17. The van der Waals surface area contributed by atoms with E-state index < -0.39 is 0 Å². The van der Waals surface area contributed by atoms with Gasteiger partial charge in [-0.15, -0.1) is 11.3 Å². The minimum Gasteiger partial charge on any atom is -0.296 e. The molecule has 4 heteroatoms. The van der Waals surface area contributed by atoms with Crippen LogP contribution in [0, 0.1) is 6.92 Å². The third kappa shape index (κ3) is 0.867. The number of aryl methyl sites for hydroxylation is 1. The van der Waals surface area contributed by atoms with Crippen LogP contribution in [0.4, 0.5) is 0 Å². The zero-order valence-electron chi connectivity index (χ0n) is 5.94. The first kappa shape index (κ1) is 6.54. The van der Waals surface area contributed by atoms with Gasteiger partial charge in [0.25, 0.3) is 0 Å². The Bertz CT molecular complexity index is 401. The van der Waals surface area contributed by atoms with Gasteiger partial charge in [0.1, 0.15) is 5.69 Å². The topological polar surface area (TPSA) is 34.4 Å². The number of aromatic nitrogens is 2. The largest absolute Gasteiger partial charge is 0.296 e. The van der Waals surface area contributed by atoms with E-state index in [1.807, 2.05) is 13.1 Å². The molecule has 2 aromatic heterocycles. The van der Waals surface area contributed by atoms with Crippen LogP contribution in [0.5, 0.6) is 0 Å². The molecular formula is C7H6N2OS. The standard InChI is InChI=1S/C7H6N2OS/c1-5-3-9-6(4-10)2-8-7(9)11-5/h2-4H,1H3. The van der Waals surface area contributed by atoms with Crippen LogP contribution in [-0.4, -0.2) is 15.7 Å². The van der Waals surface area contributed by atoms with E-state index in [1.165, 1.54) is 0 Å². The third-order valence-electron chi connectivity index (χ3n) is 1.48. The van der Waals surface area contributed by atoms with Gasteiger partial charge in [0, 0.05) is 11.1 Å². The molecule has 0 aliphatic carbocycles. The fraction of sp³-hybridized carbons (Fsp3) is 0.143. The van der Waals surface area contributed by atoms with Gasteiger partial charge in [-0.25, -0.2) is 4.98 Å². The summed E-state index contributed by atoms with van der Waals surface area (Å²) in [6.45, 7) is 1.99. The molecule has 0 spiro atoms. The van der Waals surface area contributed by atoms with Crippen molar-refractivity contribution in [1.82, 2.24) is 9.38 Å². The quantitative estimate of drug-likeness (QED) is 0.602. The van der Waals surface area contributed by atoms with Crippen molar-refractivity contribution in [3.05, 3.63) is 23.0 Å². The lowest BCUT2D eigenvalue weighted by molar-refractivity contribution is 0.111. The molecule has 0 N–H and O–H groups in total. The smallest absolute Gasteiger partial charge is 0.194 e. The average Bonchev–Trinajstić information content (AvgIpc) is 2.45. The Balaban J connectivity index is 2.83. The molecule has 0 fully saturated rings. The van der Waals surface area contributed by atoms with Gasteiger partial charge >= 0.3 is 0 Å². The number of hydrogen-bond acceptors (Lipinski definition) is 3. The Morgan fingerprint density at radius 1 is 1.73 bits per heavy atom. The lowest BCUT2D eigenvalue weighted by Gasteiger charge is -1.82. The fourth-order valence-corrected chi connectivity index (χ4v) is 1.81. The van der Waals surface area contributed by atoms with Crippen LogP contribution in [0.1, 0.15) is 15.4 Å². The van der Waals surface area contributed by atoms with Crippen molar-refractivity contribution in [3.8, 4) is 0 Å². The van der Waals surface area contributed by atoms with Crippen LogP contribution in [0.3, 0.4) is 0 Å². The molecule has 0 atom stereocenters. The number of hydrogen-bond donors (Lipinski definition) is 0. The van der Waals surface area contributed by atoms with Crippen molar-refractivity contribution in [2.75, 3.05) is 0 Å². The molecule has 0 radical (unpaired) electrons. The van der Waals surface area contributed by atoms with Gasteiger partial charge < -0.3 is 0 Å². The monoisotopic (exact) mass is 166 g/mol. The van der Waals surface area contributed by atoms with E-state index in [2.05, 4.69) is 4.98 Å². The van der Waals surface area contributed by atoms with Crippen molar-refractivity contribution in [1.29, 1.82) is 0 Å². The van der Waals surface area contributed by atoms with Gasteiger partial charge in [0.15, 0.2) is 11.2 Å². The van der Waals surface area contributed by atoms with Gasteiger partial charge in [-0.1, -0.05) is 0 Å². The predicted molar refractivity (Wildman–Crippen MR) is 43.2 cm³/mol. The van der Waals surface area contributed by atoms with Gasteiger partial charge in [-0.05, 0) is 6.92 Å². The summed E-state index contributed by atoms with van der Waals surface area (Å²) in [7, 11) is 0. The van der Waals surface area contributed by atoms with Gasteiger partial charge in [0.2, 0.25) is 0 Å². The number of carbonyl (C=O) groups is 1. The highest BCUT2D eigenvalue weighted by Gasteiger charge is 2.03. The fourth-order valence-electron chi connectivity index (χ4n) is 1.00. The summed E-state index contributed by atoms with van der Waals surface area (Å²) in [5.74, 6) is 0. The summed E-state index contributed by atoms with van der Waals surface area (Å²) in [5, 5.41) is 0. The maximum absolute atomic E-state index is 10.4. The number of thiazole rings is 1. The number of rotatable bonds is 1. The number of nitrogens with zero attached hydrogens (tertiary/aromatic N) is 2. The molecule has 11 heavy (non-hydrogen) atoms. The minimum atomic E-state index is 0.615. The van der Waals surface area contributed by atoms with Crippen molar-refractivity contribution in [3.63, 3.8) is 0 Å². The highest BCUT2D eigenvalue weighted by molar-refractivity contribution is 7.17. The van der Waals surface area contributed by atoms with Crippen LogP contribution in [0.2, 0.25) is 0 Å². The van der Waals surface area contributed by atoms with E-state index in [-0.39, 0.29) is 0 Å². The van der Waals surface area contributed by atoms with Gasteiger partial charge in [0.05, 0.1) is 6.20 Å². The predicted octanol–water partition coefficient (Wildman–Crippen LogP) is 1.52. The average molecular weight is 166 g/mol. The third-order valence-corrected chi connectivity index (χ3v) is 2.39.